The number of aromatic nitrogens is 1. The Bertz CT molecular complexity index is 1260. The van der Waals surface area contributed by atoms with Crippen LogP contribution in [0.25, 0.3) is 6.08 Å². The molecule has 142 valence electrons. The molecule has 6 nitrogen and oxygen atoms in total. The minimum atomic E-state index is -1.14. The predicted molar refractivity (Wildman–Crippen MR) is 106 cm³/mol. The summed E-state index contributed by atoms with van der Waals surface area (Å²) in [5.41, 5.74) is -0.507. The second kappa shape index (κ2) is 6.15. The van der Waals surface area contributed by atoms with Gasteiger partial charge in [0.1, 0.15) is 11.7 Å². The minimum absolute atomic E-state index is 0.158. The highest BCUT2D eigenvalue weighted by atomic mass is 32.1. The van der Waals surface area contributed by atoms with Crippen molar-refractivity contribution in [2.75, 3.05) is 7.11 Å². The fraction of sp³-hybridized carbons (Fsp3) is 0.250. The number of esters is 1. The second-order valence-corrected chi connectivity index (χ2v) is 8.82. The zero-order chi connectivity index (χ0) is 19.5. The van der Waals surface area contributed by atoms with Gasteiger partial charge in [0.2, 0.25) is 5.72 Å². The number of carbonyl (C=O) groups is 1. The molecule has 28 heavy (non-hydrogen) atoms. The number of ether oxygens (including phenoxy) is 2. The molecule has 2 aliphatic rings. The van der Waals surface area contributed by atoms with Gasteiger partial charge in [0, 0.05) is 10.4 Å². The van der Waals surface area contributed by atoms with Gasteiger partial charge in [-0.3, -0.25) is 14.2 Å². The largest absolute Gasteiger partial charge is 0.469 e. The molecule has 4 heterocycles. The van der Waals surface area contributed by atoms with E-state index in [4.69, 9.17) is 14.5 Å². The van der Waals surface area contributed by atoms with Gasteiger partial charge in [0.25, 0.3) is 5.56 Å². The molecule has 0 saturated heterocycles. The van der Waals surface area contributed by atoms with Crippen LogP contribution in [0, 0.1) is 5.92 Å². The average molecular weight is 412 g/mol. The number of nitrogens with zero attached hydrogens (tertiary/aromatic N) is 2. The Morgan fingerprint density at radius 1 is 1.32 bits per heavy atom. The van der Waals surface area contributed by atoms with Crippen molar-refractivity contribution < 1.29 is 14.3 Å². The van der Waals surface area contributed by atoms with Crippen molar-refractivity contribution in [2.45, 2.75) is 18.7 Å². The Balaban J connectivity index is 1.83. The van der Waals surface area contributed by atoms with Crippen LogP contribution in [0.2, 0.25) is 0 Å². The molecule has 0 spiro atoms. The Kier molecular flexibility index (Phi) is 3.82. The third kappa shape index (κ3) is 2.41. The van der Waals surface area contributed by atoms with E-state index in [-0.39, 0.29) is 5.56 Å². The van der Waals surface area contributed by atoms with Gasteiger partial charge in [-0.25, -0.2) is 4.99 Å². The Morgan fingerprint density at radius 3 is 2.89 bits per heavy atom. The number of para-hydroxylation sites is 1. The van der Waals surface area contributed by atoms with Crippen LogP contribution in [-0.4, -0.2) is 23.4 Å². The van der Waals surface area contributed by atoms with Crippen molar-refractivity contribution in [1.29, 1.82) is 0 Å². The minimum Gasteiger partial charge on any atom is -0.469 e. The highest BCUT2D eigenvalue weighted by molar-refractivity contribution is 7.11. The molecule has 2 bridgehead atoms. The molecule has 1 aromatic carbocycles. The van der Waals surface area contributed by atoms with Gasteiger partial charge in [0.05, 0.1) is 17.7 Å². The van der Waals surface area contributed by atoms with Crippen molar-refractivity contribution in [1.82, 2.24) is 4.57 Å². The van der Waals surface area contributed by atoms with Crippen LogP contribution in [0.5, 0.6) is 5.75 Å². The van der Waals surface area contributed by atoms with Gasteiger partial charge >= 0.3 is 5.97 Å². The van der Waals surface area contributed by atoms with E-state index in [1.165, 1.54) is 18.4 Å². The van der Waals surface area contributed by atoms with Crippen LogP contribution < -0.4 is 19.6 Å². The SMILES string of the molecule is COC(=O)[C@@H]1[C@H]2c3ccccc3O[C@]1(C)N=c1s/c(=C\c3cccs3)c(=O)n12. The Morgan fingerprint density at radius 2 is 2.14 bits per heavy atom. The molecule has 0 aliphatic carbocycles. The summed E-state index contributed by atoms with van der Waals surface area (Å²) in [6.07, 6.45) is 1.87. The third-order valence-electron chi connectivity index (χ3n) is 5.15. The fourth-order valence-corrected chi connectivity index (χ4v) is 5.76. The highest BCUT2D eigenvalue weighted by Gasteiger charge is 2.55. The maximum absolute atomic E-state index is 13.3. The van der Waals surface area contributed by atoms with Crippen molar-refractivity contribution in [3.63, 3.8) is 0 Å². The van der Waals surface area contributed by atoms with Crippen LogP contribution in [0.4, 0.5) is 0 Å². The van der Waals surface area contributed by atoms with Crippen LogP contribution >= 0.6 is 22.7 Å². The standard InChI is InChI=1S/C20H16N2O4S2/c1-20-15(18(24)25-2)16(12-7-3-4-8-13(12)26-20)22-17(23)14(28-19(22)21-20)10-11-6-5-9-27-11/h3-10,15-16H,1-2H3/b14-10-/t15-,16+,20-/m0/s1. The molecule has 5 rings (SSSR count). The van der Waals surface area contributed by atoms with E-state index in [1.54, 1.807) is 22.8 Å². The van der Waals surface area contributed by atoms with Crippen molar-refractivity contribution >= 4 is 34.7 Å². The zero-order valence-electron chi connectivity index (χ0n) is 15.1. The van der Waals surface area contributed by atoms with Crippen LogP contribution in [-0.2, 0) is 9.53 Å². The average Bonchev–Trinajstić information content (AvgIpc) is 3.28. The number of methoxy groups -OCH3 is 1. The Hall–Kier alpha value is -2.71. The molecule has 0 radical (unpaired) electrons. The number of rotatable bonds is 2. The van der Waals surface area contributed by atoms with Gasteiger partial charge in [-0.05, 0) is 30.5 Å². The molecular weight excluding hydrogens is 396 g/mol. The number of thiophene rings is 1. The van der Waals surface area contributed by atoms with E-state index in [9.17, 15) is 9.59 Å². The normalized spacial score (nSPS) is 25.3. The first-order valence-electron chi connectivity index (χ1n) is 8.74. The van der Waals surface area contributed by atoms with Gasteiger partial charge in [-0.1, -0.05) is 35.6 Å². The lowest BCUT2D eigenvalue weighted by molar-refractivity contribution is -0.158. The number of carbonyl (C=O) groups excluding carboxylic acids is 1. The van der Waals surface area contributed by atoms with Crippen molar-refractivity contribution in [3.8, 4) is 5.75 Å². The summed E-state index contributed by atoms with van der Waals surface area (Å²) in [4.78, 5) is 32.2. The van der Waals surface area contributed by atoms with Crippen LogP contribution in [0.1, 0.15) is 23.4 Å². The lowest BCUT2D eigenvalue weighted by Crippen LogP contribution is -2.58. The van der Waals surface area contributed by atoms with Gasteiger partial charge in [-0.15, -0.1) is 11.3 Å². The summed E-state index contributed by atoms with van der Waals surface area (Å²) in [6.45, 7) is 1.77. The molecule has 2 aliphatic heterocycles. The summed E-state index contributed by atoms with van der Waals surface area (Å²) >= 11 is 2.88. The molecular formula is C20H16N2O4S2. The maximum Gasteiger partial charge on any atom is 0.317 e. The number of thiazole rings is 1. The molecule has 0 N–H and O–H groups in total. The van der Waals surface area contributed by atoms with E-state index in [0.717, 1.165) is 10.4 Å². The molecule has 3 aromatic rings. The number of fused-ring (bicyclic) bond motifs is 6. The Labute approximate surface area is 168 Å². The highest BCUT2D eigenvalue weighted by Crippen LogP contribution is 2.47. The van der Waals surface area contributed by atoms with Gasteiger partial charge < -0.3 is 9.47 Å². The quantitative estimate of drug-likeness (QED) is 0.603. The number of benzene rings is 1. The first-order valence-corrected chi connectivity index (χ1v) is 10.4. The van der Waals surface area contributed by atoms with Gasteiger partial charge in [0.15, 0.2) is 4.80 Å². The smallest absolute Gasteiger partial charge is 0.317 e. The predicted octanol–water partition coefficient (Wildman–Crippen LogP) is 1.92. The first kappa shape index (κ1) is 17.4. The third-order valence-corrected chi connectivity index (χ3v) is 6.95. The zero-order valence-corrected chi connectivity index (χ0v) is 16.8. The molecule has 0 amide bonds. The van der Waals surface area contributed by atoms with E-state index in [2.05, 4.69) is 0 Å². The van der Waals surface area contributed by atoms with Crippen molar-refractivity contribution in [2.24, 2.45) is 10.9 Å². The molecule has 3 atom stereocenters. The second-order valence-electron chi connectivity index (χ2n) is 6.84. The lowest BCUT2D eigenvalue weighted by Gasteiger charge is -2.44. The summed E-state index contributed by atoms with van der Waals surface area (Å²) in [5.74, 6) is -0.563. The molecule has 2 aromatic heterocycles. The first-order chi connectivity index (χ1) is 13.5. The topological polar surface area (TPSA) is 69.9 Å². The van der Waals surface area contributed by atoms with E-state index < -0.39 is 23.7 Å². The van der Waals surface area contributed by atoms with E-state index in [1.807, 2.05) is 47.9 Å². The van der Waals surface area contributed by atoms with Crippen LogP contribution in [0.3, 0.4) is 0 Å². The number of hydrogen-bond acceptors (Lipinski definition) is 7. The molecule has 8 heteroatoms. The monoisotopic (exact) mass is 412 g/mol. The summed E-state index contributed by atoms with van der Waals surface area (Å²) in [6, 6.07) is 10.8. The lowest BCUT2D eigenvalue weighted by atomic mass is 9.81. The van der Waals surface area contributed by atoms with E-state index >= 15 is 0 Å². The maximum atomic E-state index is 13.3. The summed E-state index contributed by atoms with van der Waals surface area (Å²) in [7, 11) is 1.34. The van der Waals surface area contributed by atoms with Crippen LogP contribution in [0.15, 0.2) is 51.6 Å². The molecule has 0 unspecified atom stereocenters. The molecule has 0 fully saturated rings. The fourth-order valence-electron chi connectivity index (χ4n) is 3.93. The summed E-state index contributed by atoms with van der Waals surface area (Å²) in [5, 5.41) is 1.97. The van der Waals surface area contributed by atoms with Crippen molar-refractivity contribution in [3.05, 3.63) is 71.9 Å². The summed E-state index contributed by atoms with van der Waals surface area (Å²) < 4.78 is 13.4. The number of hydrogen-bond donors (Lipinski definition) is 0. The molecule has 0 saturated carbocycles. The van der Waals surface area contributed by atoms with E-state index in [0.29, 0.717) is 15.1 Å². The van der Waals surface area contributed by atoms with Gasteiger partial charge in [-0.2, -0.15) is 0 Å².